The SMILES string of the molecule is CNC(=O)C(C1CCCC1)N1CCN(C(=O)c2cccc(OC)c2)CC1. The second-order valence-electron chi connectivity index (χ2n) is 7.16. The lowest BCUT2D eigenvalue weighted by Crippen LogP contribution is -2.57. The Morgan fingerprint density at radius 2 is 1.85 bits per heavy atom. The van der Waals surface area contributed by atoms with Gasteiger partial charge in [0.25, 0.3) is 5.91 Å². The molecule has 1 atom stereocenters. The molecule has 6 nitrogen and oxygen atoms in total. The Kier molecular flexibility index (Phi) is 6.14. The summed E-state index contributed by atoms with van der Waals surface area (Å²) in [5.74, 6) is 1.27. The van der Waals surface area contributed by atoms with E-state index in [1.54, 1.807) is 20.2 Å². The molecule has 0 spiro atoms. The molecule has 1 aliphatic carbocycles. The summed E-state index contributed by atoms with van der Waals surface area (Å²) in [4.78, 5) is 29.4. The Labute approximate surface area is 155 Å². The fourth-order valence-corrected chi connectivity index (χ4v) is 4.24. The van der Waals surface area contributed by atoms with E-state index in [-0.39, 0.29) is 17.9 Å². The smallest absolute Gasteiger partial charge is 0.254 e. The normalized spacial score (nSPS) is 20.0. The first-order valence-corrected chi connectivity index (χ1v) is 9.53. The highest BCUT2D eigenvalue weighted by Crippen LogP contribution is 2.31. The molecule has 0 bridgehead atoms. The van der Waals surface area contributed by atoms with Gasteiger partial charge in [0.1, 0.15) is 5.75 Å². The molecule has 1 N–H and O–H groups in total. The average molecular weight is 359 g/mol. The van der Waals surface area contributed by atoms with Gasteiger partial charge in [0.05, 0.1) is 13.2 Å². The summed E-state index contributed by atoms with van der Waals surface area (Å²) in [5.41, 5.74) is 0.649. The molecule has 142 valence electrons. The van der Waals surface area contributed by atoms with E-state index in [9.17, 15) is 9.59 Å². The van der Waals surface area contributed by atoms with Crippen LogP contribution in [-0.4, -0.2) is 68.0 Å². The summed E-state index contributed by atoms with van der Waals surface area (Å²) in [6.07, 6.45) is 4.68. The Bertz CT molecular complexity index is 635. The highest BCUT2D eigenvalue weighted by Gasteiger charge is 2.36. The Morgan fingerprint density at radius 1 is 1.15 bits per heavy atom. The lowest BCUT2D eigenvalue weighted by Gasteiger charge is -2.40. The number of rotatable bonds is 5. The zero-order valence-corrected chi connectivity index (χ0v) is 15.7. The van der Waals surface area contributed by atoms with Crippen molar-refractivity contribution >= 4 is 11.8 Å². The topological polar surface area (TPSA) is 61.9 Å². The molecule has 1 heterocycles. The van der Waals surface area contributed by atoms with Gasteiger partial charge in [-0.25, -0.2) is 0 Å². The van der Waals surface area contributed by atoms with Crippen molar-refractivity contribution < 1.29 is 14.3 Å². The van der Waals surface area contributed by atoms with Gasteiger partial charge in [0.2, 0.25) is 5.91 Å². The summed E-state index contributed by atoms with van der Waals surface area (Å²) in [5, 5.41) is 2.84. The molecule has 6 heteroatoms. The van der Waals surface area contributed by atoms with E-state index < -0.39 is 0 Å². The molecule has 1 saturated carbocycles. The summed E-state index contributed by atoms with van der Waals surface area (Å²) < 4.78 is 5.21. The lowest BCUT2D eigenvalue weighted by atomic mass is 9.95. The molecular formula is C20H29N3O3. The van der Waals surface area contributed by atoms with Crippen LogP contribution in [0.15, 0.2) is 24.3 Å². The fourth-order valence-electron chi connectivity index (χ4n) is 4.24. The lowest BCUT2D eigenvalue weighted by molar-refractivity contribution is -0.128. The second-order valence-corrected chi connectivity index (χ2v) is 7.16. The number of benzene rings is 1. The van der Waals surface area contributed by atoms with Gasteiger partial charge >= 0.3 is 0 Å². The first-order chi connectivity index (χ1) is 12.6. The van der Waals surface area contributed by atoms with Gasteiger partial charge in [0.15, 0.2) is 0 Å². The molecule has 1 aromatic carbocycles. The van der Waals surface area contributed by atoms with Crippen molar-refractivity contribution in [2.45, 2.75) is 31.7 Å². The molecule has 3 rings (SSSR count). The molecule has 0 aromatic heterocycles. The van der Waals surface area contributed by atoms with Crippen LogP contribution >= 0.6 is 0 Å². The average Bonchev–Trinajstić information content (AvgIpc) is 3.22. The van der Waals surface area contributed by atoms with E-state index in [1.807, 2.05) is 23.1 Å². The van der Waals surface area contributed by atoms with Crippen LogP contribution in [0, 0.1) is 5.92 Å². The van der Waals surface area contributed by atoms with Gasteiger partial charge in [-0.05, 0) is 37.0 Å². The zero-order chi connectivity index (χ0) is 18.5. The Morgan fingerprint density at radius 3 is 2.46 bits per heavy atom. The van der Waals surface area contributed by atoms with Crippen LogP contribution in [0.25, 0.3) is 0 Å². The van der Waals surface area contributed by atoms with Crippen LogP contribution in [0.1, 0.15) is 36.0 Å². The van der Waals surface area contributed by atoms with Crippen molar-refractivity contribution in [1.29, 1.82) is 0 Å². The number of carbonyl (C=O) groups is 2. The van der Waals surface area contributed by atoms with Gasteiger partial charge in [-0.1, -0.05) is 18.9 Å². The quantitative estimate of drug-likeness (QED) is 0.870. The first-order valence-electron chi connectivity index (χ1n) is 9.53. The minimum atomic E-state index is -0.0587. The molecule has 2 fully saturated rings. The summed E-state index contributed by atoms with van der Waals surface area (Å²) in [6, 6.07) is 7.22. The van der Waals surface area contributed by atoms with E-state index in [2.05, 4.69) is 10.2 Å². The number of methoxy groups -OCH3 is 1. The van der Waals surface area contributed by atoms with Gasteiger partial charge in [0, 0.05) is 38.8 Å². The molecule has 2 aliphatic rings. The van der Waals surface area contributed by atoms with Crippen LogP contribution in [0.3, 0.4) is 0 Å². The first kappa shape index (κ1) is 18.7. The summed E-state index contributed by atoms with van der Waals surface area (Å²) in [6.45, 7) is 2.78. The maximum atomic E-state index is 12.8. The van der Waals surface area contributed by atoms with E-state index in [4.69, 9.17) is 4.74 Å². The van der Waals surface area contributed by atoms with Crippen LogP contribution in [0.5, 0.6) is 5.75 Å². The van der Waals surface area contributed by atoms with Crippen LogP contribution in [-0.2, 0) is 4.79 Å². The van der Waals surface area contributed by atoms with Gasteiger partial charge in [-0.15, -0.1) is 0 Å². The number of carbonyl (C=O) groups excluding carboxylic acids is 2. The number of piperazine rings is 1. The summed E-state index contributed by atoms with van der Waals surface area (Å²) >= 11 is 0. The molecule has 1 aliphatic heterocycles. The van der Waals surface area contributed by atoms with Gasteiger partial charge in [-0.3, -0.25) is 14.5 Å². The molecule has 1 unspecified atom stereocenters. The number of amides is 2. The second kappa shape index (κ2) is 8.54. The number of nitrogens with zero attached hydrogens (tertiary/aromatic N) is 2. The van der Waals surface area contributed by atoms with E-state index in [0.717, 1.165) is 25.9 Å². The third-order valence-electron chi connectivity index (χ3n) is 5.67. The van der Waals surface area contributed by atoms with Gasteiger partial charge < -0.3 is 15.0 Å². The minimum absolute atomic E-state index is 0.0286. The number of likely N-dealkylation sites (N-methyl/N-ethyl adjacent to an activating group) is 1. The van der Waals surface area contributed by atoms with Crippen molar-refractivity contribution in [2.75, 3.05) is 40.3 Å². The highest BCUT2D eigenvalue weighted by atomic mass is 16.5. The molecule has 1 saturated heterocycles. The van der Waals surface area contributed by atoms with E-state index in [0.29, 0.717) is 30.3 Å². The predicted octanol–water partition coefficient (Wildman–Crippen LogP) is 1.76. The zero-order valence-electron chi connectivity index (χ0n) is 15.7. The number of ether oxygens (including phenoxy) is 1. The van der Waals surface area contributed by atoms with Crippen molar-refractivity contribution in [3.05, 3.63) is 29.8 Å². The molecule has 0 radical (unpaired) electrons. The maximum absolute atomic E-state index is 12.8. The predicted molar refractivity (Wildman–Crippen MR) is 100 cm³/mol. The highest BCUT2D eigenvalue weighted by molar-refractivity contribution is 5.94. The molecular weight excluding hydrogens is 330 g/mol. The van der Waals surface area contributed by atoms with Crippen molar-refractivity contribution in [2.24, 2.45) is 5.92 Å². The van der Waals surface area contributed by atoms with Crippen molar-refractivity contribution in [1.82, 2.24) is 15.1 Å². The third kappa shape index (κ3) is 4.01. The fraction of sp³-hybridized carbons (Fsp3) is 0.600. The van der Waals surface area contributed by atoms with Gasteiger partial charge in [-0.2, -0.15) is 0 Å². The minimum Gasteiger partial charge on any atom is -0.497 e. The van der Waals surface area contributed by atoms with Crippen LogP contribution in [0.4, 0.5) is 0 Å². The molecule has 26 heavy (non-hydrogen) atoms. The monoisotopic (exact) mass is 359 g/mol. The molecule has 2 amide bonds. The van der Waals surface area contributed by atoms with Crippen LogP contribution < -0.4 is 10.1 Å². The Balaban J connectivity index is 1.63. The summed E-state index contributed by atoms with van der Waals surface area (Å²) in [7, 11) is 3.32. The largest absolute Gasteiger partial charge is 0.497 e. The van der Waals surface area contributed by atoms with E-state index >= 15 is 0 Å². The molecule has 1 aromatic rings. The van der Waals surface area contributed by atoms with E-state index in [1.165, 1.54) is 12.8 Å². The maximum Gasteiger partial charge on any atom is 0.254 e. The van der Waals surface area contributed by atoms with Crippen molar-refractivity contribution in [3.8, 4) is 5.75 Å². The standard InChI is InChI=1S/C20H29N3O3/c1-21-19(24)18(15-6-3-4-7-15)22-10-12-23(13-11-22)20(25)16-8-5-9-17(14-16)26-2/h5,8-9,14-15,18H,3-4,6-7,10-13H2,1-2H3,(H,21,24). The number of hydrogen-bond donors (Lipinski definition) is 1. The number of hydrogen-bond acceptors (Lipinski definition) is 4. The van der Waals surface area contributed by atoms with Crippen LogP contribution in [0.2, 0.25) is 0 Å². The third-order valence-corrected chi connectivity index (χ3v) is 5.67. The number of nitrogens with one attached hydrogen (secondary N) is 1. The Hall–Kier alpha value is -2.08. The van der Waals surface area contributed by atoms with Crippen molar-refractivity contribution in [3.63, 3.8) is 0 Å².